The minimum absolute atomic E-state index is 0.0451. The number of sulfonamides is 1. The summed E-state index contributed by atoms with van der Waals surface area (Å²) in [6.45, 7) is 7.37. The van der Waals surface area contributed by atoms with Gasteiger partial charge in [-0.15, -0.1) is 0 Å². The van der Waals surface area contributed by atoms with Gasteiger partial charge in [-0.3, -0.25) is 4.68 Å². The number of anilines is 1. The average molecular weight is 476 g/mol. The molecule has 3 aromatic rings. The quantitative estimate of drug-likeness (QED) is 0.526. The van der Waals surface area contributed by atoms with Crippen molar-refractivity contribution in [1.29, 1.82) is 0 Å². The Morgan fingerprint density at radius 3 is 2.42 bits per heavy atom. The van der Waals surface area contributed by atoms with Crippen LogP contribution in [0, 0.1) is 5.82 Å². The molecular formula is C22H26FN5O4S. The van der Waals surface area contributed by atoms with Crippen LogP contribution in [0.25, 0.3) is 11.1 Å². The monoisotopic (exact) mass is 475 g/mol. The van der Waals surface area contributed by atoms with Crippen molar-refractivity contribution in [3.05, 3.63) is 54.1 Å². The largest absolute Gasteiger partial charge is 0.481 e. The van der Waals surface area contributed by atoms with Crippen molar-refractivity contribution in [1.82, 2.24) is 19.5 Å². The first-order valence-electron chi connectivity index (χ1n) is 10.2. The molecule has 9 nitrogen and oxygen atoms in total. The fraction of sp³-hybridized carbons (Fsp3) is 0.318. The number of aromatic nitrogens is 3. The third kappa shape index (κ3) is 5.48. The molecule has 3 rings (SSSR count). The number of halogens is 1. The second-order valence-corrected chi connectivity index (χ2v) is 9.58. The second kappa shape index (κ2) is 9.57. The van der Waals surface area contributed by atoms with E-state index in [1.165, 1.54) is 42.4 Å². The molecule has 1 aromatic carbocycles. The van der Waals surface area contributed by atoms with E-state index in [2.05, 4.69) is 15.4 Å². The van der Waals surface area contributed by atoms with Crippen LogP contribution in [0.2, 0.25) is 0 Å². The van der Waals surface area contributed by atoms with E-state index in [1.807, 2.05) is 32.4 Å². The molecule has 0 unspecified atom stereocenters. The molecule has 0 bridgehead atoms. The van der Waals surface area contributed by atoms with Crippen LogP contribution in [-0.2, 0) is 10.0 Å². The Balaban J connectivity index is 1.96. The maximum Gasteiger partial charge on any atom is 0.333 e. The number of rotatable bonds is 7. The number of carbonyl (C=O) groups is 1. The lowest BCUT2D eigenvalue weighted by atomic mass is 9.94. The van der Waals surface area contributed by atoms with E-state index in [-0.39, 0.29) is 22.7 Å². The van der Waals surface area contributed by atoms with E-state index in [4.69, 9.17) is 4.74 Å². The van der Waals surface area contributed by atoms with Crippen LogP contribution >= 0.6 is 0 Å². The van der Waals surface area contributed by atoms with Crippen molar-refractivity contribution in [2.45, 2.75) is 44.7 Å². The highest BCUT2D eigenvalue weighted by Crippen LogP contribution is 2.36. The molecule has 0 radical (unpaired) electrons. The fourth-order valence-corrected chi connectivity index (χ4v) is 4.02. The van der Waals surface area contributed by atoms with Crippen LogP contribution in [0.5, 0.6) is 5.88 Å². The first-order valence-corrected chi connectivity index (χ1v) is 11.7. The zero-order valence-electron chi connectivity index (χ0n) is 19.0. The molecule has 2 N–H and O–H groups in total. The van der Waals surface area contributed by atoms with E-state index in [0.29, 0.717) is 22.6 Å². The number of nitrogens with zero attached hydrogens (tertiary/aromatic N) is 3. The molecule has 2 amide bonds. The molecule has 2 heterocycles. The second-order valence-electron chi connectivity index (χ2n) is 7.95. The first kappa shape index (κ1) is 24.2. The summed E-state index contributed by atoms with van der Waals surface area (Å²) in [7, 11) is -2.74. The molecule has 0 aliphatic carbocycles. The van der Waals surface area contributed by atoms with Gasteiger partial charge in [0, 0.05) is 35.6 Å². The van der Waals surface area contributed by atoms with Crippen LogP contribution in [0.4, 0.5) is 14.9 Å². The minimum atomic E-state index is -4.22. The SMILES string of the molecule is COc1ccc(-c2cc(F)cc(C(C)C)c2NC(=O)NS(=O)(=O)c2ccn(C(C)C)n2)cn1. The van der Waals surface area contributed by atoms with Gasteiger partial charge in [-0.2, -0.15) is 13.5 Å². The van der Waals surface area contributed by atoms with Crippen LogP contribution in [0.15, 0.2) is 47.8 Å². The summed E-state index contributed by atoms with van der Waals surface area (Å²) in [5, 5.41) is 6.29. The Morgan fingerprint density at radius 2 is 1.88 bits per heavy atom. The maximum atomic E-state index is 14.4. The first-order chi connectivity index (χ1) is 15.5. The number of nitrogens with one attached hydrogen (secondary N) is 2. The number of amides is 2. The number of ether oxygens (including phenoxy) is 1. The Kier molecular flexibility index (Phi) is 7.01. The summed E-state index contributed by atoms with van der Waals surface area (Å²) < 4.78 is 48.2. The molecule has 33 heavy (non-hydrogen) atoms. The molecule has 2 aromatic heterocycles. The molecule has 0 aliphatic rings. The van der Waals surface area contributed by atoms with Crippen LogP contribution in [-0.4, -0.2) is 36.3 Å². The summed E-state index contributed by atoms with van der Waals surface area (Å²) in [5.41, 5.74) is 1.65. The van der Waals surface area contributed by atoms with Crippen LogP contribution < -0.4 is 14.8 Å². The molecule has 176 valence electrons. The van der Waals surface area contributed by atoms with Gasteiger partial charge < -0.3 is 10.1 Å². The van der Waals surface area contributed by atoms with Gasteiger partial charge in [-0.05, 0) is 49.6 Å². The lowest BCUT2D eigenvalue weighted by molar-refractivity contribution is 0.256. The number of benzene rings is 1. The predicted molar refractivity (Wildman–Crippen MR) is 122 cm³/mol. The van der Waals surface area contributed by atoms with Crippen molar-refractivity contribution in [3.8, 4) is 17.0 Å². The summed E-state index contributed by atoms with van der Waals surface area (Å²) in [6.07, 6.45) is 3.00. The lowest BCUT2D eigenvalue weighted by Crippen LogP contribution is -2.35. The van der Waals surface area contributed by atoms with Gasteiger partial charge >= 0.3 is 6.03 Å². The molecule has 0 saturated carbocycles. The smallest absolute Gasteiger partial charge is 0.333 e. The normalized spacial score (nSPS) is 11.6. The third-order valence-electron chi connectivity index (χ3n) is 4.87. The van der Waals surface area contributed by atoms with E-state index in [1.54, 1.807) is 12.1 Å². The molecule has 0 aliphatic heterocycles. The molecule has 11 heteroatoms. The zero-order valence-corrected chi connectivity index (χ0v) is 19.8. The van der Waals surface area contributed by atoms with Crippen LogP contribution in [0.3, 0.4) is 0 Å². The summed E-state index contributed by atoms with van der Waals surface area (Å²) in [6, 6.07) is 6.10. The van der Waals surface area contributed by atoms with Gasteiger partial charge in [0.15, 0.2) is 5.03 Å². The number of hydrogen-bond donors (Lipinski definition) is 2. The van der Waals surface area contributed by atoms with Crippen molar-refractivity contribution >= 4 is 21.7 Å². The Bertz CT molecular complexity index is 1250. The molecule has 0 saturated heterocycles. The van der Waals surface area contributed by atoms with Crippen molar-refractivity contribution in [3.63, 3.8) is 0 Å². The highest BCUT2D eigenvalue weighted by molar-refractivity contribution is 7.90. The topological polar surface area (TPSA) is 115 Å². The Hall–Kier alpha value is -3.47. The summed E-state index contributed by atoms with van der Waals surface area (Å²) in [5.74, 6) is -0.292. The number of pyridine rings is 1. The average Bonchev–Trinajstić information content (AvgIpc) is 3.26. The molecular weight excluding hydrogens is 449 g/mol. The fourth-order valence-electron chi connectivity index (χ4n) is 3.18. The van der Waals surface area contributed by atoms with Crippen molar-refractivity contribution < 1.29 is 22.3 Å². The van der Waals surface area contributed by atoms with Gasteiger partial charge in [0.05, 0.1) is 12.8 Å². The van der Waals surface area contributed by atoms with Gasteiger partial charge in [0.2, 0.25) is 5.88 Å². The predicted octanol–water partition coefficient (Wildman–Crippen LogP) is 4.31. The van der Waals surface area contributed by atoms with E-state index < -0.39 is 21.9 Å². The molecule has 0 spiro atoms. The van der Waals surface area contributed by atoms with E-state index in [0.717, 1.165) is 0 Å². The summed E-state index contributed by atoms with van der Waals surface area (Å²) in [4.78, 5) is 16.9. The maximum absolute atomic E-state index is 14.4. The third-order valence-corrected chi connectivity index (χ3v) is 6.09. The van der Waals surface area contributed by atoms with Gasteiger partial charge in [-0.1, -0.05) is 13.8 Å². The number of carbonyl (C=O) groups excluding carboxylic acids is 1. The van der Waals surface area contributed by atoms with Gasteiger partial charge in [0.1, 0.15) is 5.82 Å². The zero-order chi connectivity index (χ0) is 24.3. The lowest BCUT2D eigenvalue weighted by Gasteiger charge is -2.19. The number of methoxy groups -OCH3 is 1. The number of urea groups is 1. The highest BCUT2D eigenvalue weighted by atomic mass is 32.2. The van der Waals surface area contributed by atoms with Gasteiger partial charge in [-0.25, -0.2) is 18.9 Å². The molecule has 0 fully saturated rings. The van der Waals surface area contributed by atoms with Crippen molar-refractivity contribution in [2.75, 3.05) is 12.4 Å². The standard InChI is InChI=1S/C22H26FN5O4S/c1-13(2)17-10-16(23)11-18(15-6-7-19(32-5)24-12-15)21(17)25-22(29)27-33(30,31)20-8-9-28(26-20)14(3)4/h6-14H,1-5H3,(H2,25,27,29). The van der Waals surface area contributed by atoms with Crippen molar-refractivity contribution in [2.24, 2.45) is 0 Å². The number of hydrogen-bond acceptors (Lipinski definition) is 6. The van der Waals surface area contributed by atoms with E-state index in [9.17, 15) is 17.6 Å². The van der Waals surface area contributed by atoms with Gasteiger partial charge in [0.25, 0.3) is 10.0 Å². The van der Waals surface area contributed by atoms with Crippen LogP contribution in [0.1, 0.15) is 45.2 Å². The minimum Gasteiger partial charge on any atom is -0.481 e. The van der Waals surface area contributed by atoms with E-state index >= 15 is 0 Å². The Morgan fingerprint density at radius 1 is 1.15 bits per heavy atom. The summed E-state index contributed by atoms with van der Waals surface area (Å²) >= 11 is 0. The Labute approximate surface area is 192 Å². The highest BCUT2D eigenvalue weighted by Gasteiger charge is 2.24. The molecule has 0 atom stereocenters.